The summed E-state index contributed by atoms with van der Waals surface area (Å²) in [5.74, 6) is -1.59. The molecular weight excluding hydrogens is 254 g/mol. The molecule has 1 aromatic carbocycles. The summed E-state index contributed by atoms with van der Waals surface area (Å²) in [6.45, 7) is 0. The highest BCUT2D eigenvalue weighted by Crippen LogP contribution is 2.40. The fourth-order valence-corrected chi connectivity index (χ4v) is 3.19. The van der Waals surface area contributed by atoms with Gasteiger partial charge in [-0.1, -0.05) is 24.3 Å². The second-order valence-electron chi connectivity index (χ2n) is 5.90. The lowest BCUT2D eigenvalue weighted by Crippen LogP contribution is -2.41. The Morgan fingerprint density at radius 2 is 1.90 bits per heavy atom. The largest absolute Gasteiger partial charge is 0.481 e. The van der Waals surface area contributed by atoms with Crippen LogP contribution in [-0.4, -0.2) is 35.0 Å². The molecule has 20 heavy (non-hydrogen) atoms. The smallest absolute Gasteiger partial charge is 0.307 e. The molecular formula is C16H19NO3. The van der Waals surface area contributed by atoms with Crippen LogP contribution in [0.1, 0.15) is 24.0 Å². The standard InChI is InChI=1S/C16H19NO3/c1-17(15(18)13-9-14(13)16(19)20)12-7-6-10-4-2-3-5-11(10)8-12/h2-5,12-14H,6-9H2,1H3,(H,19,20). The lowest BCUT2D eigenvalue weighted by Gasteiger charge is -2.32. The molecule has 3 rings (SSSR count). The molecule has 1 fully saturated rings. The maximum absolute atomic E-state index is 12.3. The van der Waals surface area contributed by atoms with Crippen LogP contribution in [-0.2, 0) is 22.4 Å². The van der Waals surface area contributed by atoms with Gasteiger partial charge in [-0.3, -0.25) is 9.59 Å². The molecule has 0 radical (unpaired) electrons. The number of carboxylic acids is 1. The molecule has 106 valence electrons. The van der Waals surface area contributed by atoms with Crippen LogP contribution in [0.25, 0.3) is 0 Å². The first-order valence-corrected chi connectivity index (χ1v) is 7.14. The van der Waals surface area contributed by atoms with Gasteiger partial charge in [0.05, 0.1) is 11.8 Å². The van der Waals surface area contributed by atoms with Gasteiger partial charge in [0, 0.05) is 13.1 Å². The zero-order chi connectivity index (χ0) is 14.3. The van der Waals surface area contributed by atoms with Crippen LogP contribution in [0.3, 0.4) is 0 Å². The number of amides is 1. The Morgan fingerprint density at radius 3 is 2.55 bits per heavy atom. The number of fused-ring (bicyclic) bond motifs is 1. The van der Waals surface area contributed by atoms with E-state index in [0.717, 1.165) is 19.3 Å². The molecule has 2 aliphatic rings. The van der Waals surface area contributed by atoms with E-state index >= 15 is 0 Å². The van der Waals surface area contributed by atoms with Gasteiger partial charge in [0.1, 0.15) is 0 Å². The van der Waals surface area contributed by atoms with Crippen molar-refractivity contribution in [2.75, 3.05) is 7.05 Å². The minimum absolute atomic E-state index is 0.00165. The third kappa shape index (κ3) is 2.30. The van der Waals surface area contributed by atoms with Crippen LogP contribution < -0.4 is 0 Å². The maximum atomic E-state index is 12.3. The molecule has 0 saturated heterocycles. The van der Waals surface area contributed by atoms with Crippen molar-refractivity contribution < 1.29 is 14.7 Å². The van der Waals surface area contributed by atoms with E-state index < -0.39 is 11.9 Å². The van der Waals surface area contributed by atoms with Gasteiger partial charge >= 0.3 is 5.97 Å². The van der Waals surface area contributed by atoms with E-state index in [1.807, 2.05) is 13.1 Å². The molecule has 0 spiro atoms. The first-order chi connectivity index (χ1) is 9.58. The summed E-state index contributed by atoms with van der Waals surface area (Å²) < 4.78 is 0. The van der Waals surface area contributed by atoms with Gasteiger partial charge in [0.15, 0.2) is 0 Å². The van der Waals surface area contributed by atoms with E-state index in [4.69, 9.17) is 5.11 Å². The van der Waals surface area contributed by atoms with Crippen molar-refractivity contribution >= 4 is 11.9 Å². The number of aryl methyl sites for hydroxylation is 1. The summed E-state index contributed by atoms with van der Waals surface area (Å²) in [4.78, 5) is 24.9. The maximum Gasteiger partial charge on any atom is 0.307 e. The lowest BCUT2D eigenvalue weighted by atomic mass is 9.87. The molecule has 2 aliphatic carbocycles. The van der Waals surface area contributed by atoms with Crippen molar-refractivity contribution in [1.82, 2.24) is 4.90 Å². The summed E-state index contributed by atoms with van der Waals surface area (Å²) in [5.41, 5.74) is 2.69. The first kappa shape index (κ1) is 13.2. The second-order valence-corrected chi connectivity index (χ2v) is 5.90. The Hall–Kier alpha value is -1.84. The van der Waals surface area contributed by atoms with Crippen molar-refractivity contribution in [2.24, 2.45) is 11.8 Å². The normalized spacial score (nSPS) is 27.6. The van der Waals surface area contributed by atoms with Crippen LogP contribution in [0.2, 0.25) is 0 Å². The highest BCUT2D eigenvalue weighted by Gasteiger charge is 2.50. The van der Waals surface area contributed by atoms with Gasteiger partial charge in [-0.15, -0.1) is 0 Å². The molecule has 0 heterocycles. The fraction of sp³-hybridized carbons (Fsp3) is 0.500. The Kier molecular flexibility index (Phi) is 3.24. The molecule has 0 bridgehead atoms. The number of hydrogen-bond acceptors (Lipinski definition) is 2. The Bertz CT molecular complexity index is 554. The van der Waals surface area contributed by atoms with Crippen molar-refractivity contribution in [2.45, 2.75) is 31.7 Å². The molecule has 1 saturated carbocycles. The van der Waals surface area contributed by atoms with Crippen LogP contribution in [0.15, 0.2) is 24.3 Å². The molecule has 1 aromatic rings. The molecule has 4 heteroatoms. The van der Waals surface area contributed by atoms with Crippen molar-refractivity contribution in [3.63, 3.8) is 0 Å². The van der Waals surface area contributed by atoms with Crippen LogP contribution in [0.5, 0.6) is 0 Å². The van der Waals surface area contributed by atoms with Gasteiger partial charge in [-0.05, 0) is 36.8 Å². The monoisotopic (exact) mass is 273 g/mol. The summed E-state index contributed by atoms with van der Waals surface area (Å²) in [7, 11) is 1.82. The molecule has 3 atom stereocenters. The molecule has 3 unspecified atom stereocenters. The van der Waals surface area contributed by atoms with Crippen molar-refractivity contribution in [1.29, 1.82) is 0 Å². The summed E-state index contributed by atoms with van der Waals surface area (Å²) in [6, 6.07) is 8.55. The summed E-state index contributed by atoms with van der Waals surface area (Å²) in [5, 5.41) is 8.92. The summed E-state index contributed by atoms with van der Waals surface area (Å²) >= 11 is 0. The number of carboxylic acid groups (broad SMARTS) is 1. The van der Waals surface area contributed by atoms with E-state index in [9.17, 15) is 9.59 Å². The van der Waals surface area contributed by atoms with E-state index in [1.54, 1.807) is 4.90 Å². The number of hydrogen-bond donors (Lipinski definition) is 1. The number of carbonyl (C=O) groups is 2. The number of rotatable bonds is 3. The molecule has 4 nitrogen and oxygen atoms in total. The van der Waals surface area contributed by atoms with E-state index in [-0.39, 0.29) is 17.9 Å². The Balaban J connectivity index is 1.66. The minimum Gasteiger partial charge on any atom is -0.481 e. The fourth-order valence-electron chi connectivity index (χ4n) is 3.19. The van der Waals surface area contributed by atoms with E-state index in [1.165, 1.54) is 11.1 Å². The van der Waals surface area contributed by atoms with Gasteiger partial charge in [-0.25, -0.2) is 0 Å². The van der Waals surface area contributed by atoms with Gasteiger partial charge < -0.3 is 10.0 Å². The average molecular weight is 273 g/mol. The first-order valence-electron chi connectivity index (χ1n) is 7.14. The van der Waals surface area contributed by atoms with Gasteiger partial charge in [-0.2, -0.15) is 0 Å². The zero-order valence-electron chi connectivity index (χ0n) is 11.6. The van der Waals surface area contributed by atoms with Gasteiger partial charge in [0.25, 0.3) is 0 Å². The number of benzene rings is 1. The minimum atomic E-state index is -0.842. The quantitative estimate of drug-likeness (QED) is 0.912. The van der Waals surface area contributed by atoms with Gasteiger partial charge in [0.2, 0.25) is 5.91 Å². The highest BCUT2D eigenvalue weighted by atomic mass is 16.4. The molecule has 0 aromatic heterocycles. The molecule has 1 N–H and O–H groups in total. The van der Waals surface area contributed by atoms with E-state index in [0.29, 0.717) is 6.42 Å². The Morgan fingerprint density at radius 1 is 1.20 bits per heavy atom. The lowest BCUT2D eigenvalue weighted by molar-refractivity contribution is -0.142. The third-order valence-corrected chi connectivity index (χ3v) is 4.64. The molecule has 0 aliphatic heterocycles. The number of likely N-dealkylation sites (N-methyl/N-ethyl adjacent to an activating group) is 1. The molecule has 1 amide bonds. The van der Waals surface area contributed by atoms with Crippen LogP contribution >= 0.6 is 0 Å². The SMILES string of the molecule is CN(C(=O)C1CC1C(=O)O)C1CCc2ccccc2C1. The predicted molar refractivity (Wildman–Crippen MR) is 74.3 cm³/mol. The van der Waals surface area contributed by atoms with Crippen molar-refractivity contribution in [3.8, 4) is 0 Å². The number of carbonyl (C=O) groups excluding carboxylic acids is 1. The second kappa shape index (κ2) is 4.93. The topological polar surface area (TPSA) is 57.6 Å². The van der Waals surface area contributed by atoms with E-state index in [2.05, 4.69) is 18.2 Å². The van der Waals surface area contributed by atoms with Crippen LogP contribution in [0.4, 0.5) is 0 Å². The summed E-state index contributed by atoms with van der Waals surface area (Å²) in [6.07, 6.45) is 3.33. The highest BCUT2D eigenvalue weighted by molar-refractivity contribution is 5.89. The third-order valence-electron chi connectivity index (χ3n) is 4.64. The average Bonchev–Trinajstić information content (AvgIpc) is 3.26. The number of aliphatic carboxylic acids is 1. The van der Waals surface area contributed by atoms with Crippen LogP contribution in [0, 0.1) is 11.8 Å². The zero-order valence-corrected chi connectivity index (χ0v) is 11.6. The number of nitrogens with zero attached hydrogens (tertiary/aromatic N) is 1. The van der Waals surface area contributed by atoms with Crippen molar-refractivity contribution in [3.05, 3.63) is 35.4 Å². The Labute approximate surface area is 118 Å². The predicted octanol–water partition coefficient (Wildman–Crippen LogP) is 1.72.